The van der Waals surface area contributed by atoms with Crippen molar-refractivity contribution in [2.45, 2.75) is 33.9 Å². The fourth-order valence-electron chi connectivity index (χ4n) is 9.43. The van der Waals surface area contributed by atoms with Crippen LogP contribution in [0.5, 0.6) is 0 Å². The predicted molar refractivity (Wildman–Crippen MR) is 245 cm³/mol. The van der Waals surface area contributed by atoms with Crippen molar-refractivity contribution < 1.29 is 13.2 Å². The zero-order valence-corrected chi connectivity index (χ0v) is 34.4. The van der Waals surface area contributed by atoms with E-state index in [9.17, 15) is 23.7 Å². The molecular formula is C55H37F3N4. The highest BCUT2D eigenvalue weighted by molar-refractivity contribution is 6.13. The van der Waals surface area contributed by atoms with E-state index in [1.165, 1.54) is 6.07 Å². The molecular weight excluding hydrogens is 774 g/mol. The highest BCUT2D eigenvalue weighted by atomic mass is 19.4. The van der Waals surface area contributed by atoms with E-state index in [-0.39, 0.29) is 11.1 Å². The van der Waals surface area contributed by atoms with Crippen LogP contribution in [0.25, 0.3) is 88.4 Å². The Morgan fingerprint density at radius 2 is 0.823 bits per heavy atom. The molecule has 298 valence electrons. The third-order valence-electron chi connectivity index (χ3n) is 11.8. The molecule has 0 spiro atoms. The molecule has 7 heteroatoms. The van der Waals surface area contributed by atoms with Crippen LogP contribution in [-0.4, -0.2) is 9.13 Å². The number of hydrogen-bond acceptors (Lipinski definition) is 2. The molecule has 10 rings (SSSR count). The minimum absolute atomic E-state index is 0.128. The molecule has 4 nitrogen and oxygen atoms in total. The maximum atomic E-state index is 14.8. The maximum absolute atomic E-state index is 14.8. The van der Waals surface area contributed by atoms with Crippen molar-refractivity contribution in [1.29, 1.82) is 10.5 Å². The third kappa shape index (κ3) is 6.38. The summed E-state index contributed by atoms with van der Waals surface area (Å²) in [5.74, 6) is 0. The SMILES string of the molecule is Cc1cc(C)cc(-c2ccc3c(c2)c2ccccc2n3-c2cc(C#N)cc(-n3c4ccccc4c4cc(-c5cc(C)cc(C)c5)ccc43)c2-c2cc(C#N)cc(C(F)(F)F)c2)c1. The monoisotopic (exact) mass is 810 g/mol. The van der Waals surface area contributed by atoms with Crippen molar-refractivity contribution in [2.75, 3.05) is 0 Å². The van der Waals surface area contributed by atoms with Crippen LogP contribution in [0.4, 0.5) is 13.2 Å². The van der Waals surface area contributed by atoms with E-state index in [4.69, 9.17) is 0 Å². The van der Waals surface area contributed by atoms with Gasteiger partial charge in [0.05, 0.1) is 62.3 Å². The summed E-state index contributed by atoms with van der Waals surface area (Å²) >= 11 is 0. The standard InChI is InChI=1S/C55H37F3N4/c1-32-17-33(2)20-40(19-32)38-13-15-50-46(28-38)44-9-5-7-11-48(44)61(50)52-25-37(31-60)26-53(54(52)42-23-36(30-59)24-43(27-42)55(56,57)58)62-49-12-8-6-10-45(49)47-29-39(14-16-51(47)62)41-21-34(3)18-35(4)22-41/h5-29H,1-4H3. The topological polar surface area (TPSA) is 57.4 Å². The smallest absolute Gasteiger partial charge is 0.308 e. The molecule has 0 radical (unpaired) electrons. The quantitative estimate of drug-likeness (QED) is 0.174. The zero-order chi connectivity index (χ0) is 43.0. The first kappa shape index (κ1) is 38.3. The summed E-state index contributed by atoms with van der Waals surface area (Å²) in [4.78, 5) is 0. The molecule has 0 unspecified atom stereocenters. The lowest BCUT2D eigenvalue weighted by Gasteiger charge is -2.22. The first-order chi connectivity index (χ1) is 29.9. The van der Waals surface area contributed by atoms with Gasteiger partial charge in [-0.05, 0) is 122 Å². The van der Waals surface area contributed by atoms with E-state index in [1.807, 2.05) is 75.9 Å². The Hall–Kier alpha value is -7.87. The minimum Gasteiger partial charge on any atom is -0.308 e. The Kier molecular flexibility index (Phi) is 8.91. The molecule has 0 saturated carbocycles. The largest absolute Gasteiger partial charge is 0.416 e. The summed E-state index contributed by atoms with van der Waals surface area (Å²) in [6.45, 7) is 8.31. The van der Waals surface area contributed by atoms with E-state index in [0.717, 1.165) is 100 Å². The van der Waals surface area contributed by atoms with Crippen LogP contribution in [0.1, 0.15) is 38.9 Å². The number of hydrogen-bond donors (Lipinski definition) is 0. The molecule has 62 heavy (non-hydrogen) atoms. The van der Waals surface area contributed by atoms with Crippen LogP contribution in [0, 0.1) is 50.4 Å². The molecule has 0 atom stereocenters. The molecule has 0 aliphatic rings. The first-order valence-electron chi connectivity index (χ1n) is 20.3. The Morgan fingerprint density at radius 1 is 0.403 bits per heavy atom. The molecule has 0 fully saturated rings. The van der Waals surface area contributed by atoms with Gasteiger partial charge in [0.25, 0.3) is 0 Å². The lowest BCUT2D eigenvalue weighted by Crippen LogP contribution is -2.08. The van der Waals surface area contributed by atoms with Gasteiger partial charge in [-0.25, -0.2) is 0 Å². The highest BCUT2D eigenvalue weighted by Crippen LogP contribution is 2.45. The van der Waals surface area contributed by atoms with Crippen LogP contribution in [0.3, 0.4) is 0 Å². The predicted octanol–water partition coefficient (Wildman–Crippen LogP) is 14.9. The van der Waals surface area contributed by atoms with Crippen molar-refractivity contribution >= 4 is 43.6 Å². The first-order valence-corrected chi connectivity index (χ1v) is 20.3. The Morgan fingerprint density at radius 3 is 1.26 bits per heavy atom. The van der Waals surface area contributed by atoms with Gasteiger partial charge in [0.1, 0.15) is 0 Å². The highest BCUT2D eigenvalue weighted by Gasteiger charge is 2.33. The summed E-state index contributed by atoms with van der Waals surface area (Å²) < 4.78 is 48.5. The van der Waals surface area contributed by atoms with E-state index in [0.29, 0.717) is 22.5 Å². The molecule has 8 aromatic carbocycles. The van der Waals surface area contributed by atoms with Gasteiger partial charge >= 0.3 is 6.18 Å². The Balaban J connectivity index is 1.34. The number of para-hydroxylation sites is 2. The summed E-state index contributed by atoms with van der Waals surface area (Å²) in [6.07, 6.45) is -4.73. The van der Waals surface area contributed by atoms with Crippen molar-refractivity contribution in [3.63, 3.8) is 0 Å². The molecule has 0 amide bonds. The molecule has 10 aromatic rings. The Bertz CT molecular complexity index is 3360. The second-order valence-corrected chi connectivity index (χ2v) is 16.3. The van der Waals surface area contributed by atoms with Crippen LogP contribution in [0.2, 0.25) is 0 Å². The molecule has 2 aromatic heterocycles. The van der Waals surface area contributed by atoms with Crippen LogP contribution in [0.15, 0.2) is 152 Å². The molecule has 0 N–H and O–H groups in total. The van der Waals surface area contributed by atoms with E-state index < -0.39 is 11.7 Å². The second kappa shape index (κ2) is 14.4. The van der Waals surface area contributed by atoms with Gasteiger partial charge in [-0.15, -0.1) is 0 Å². The van der Waals surface area contributed by atoms with Gasteiger partial charge in [-0.3, -0.25) is 0 Å². The molecule has 0 aliphatic heterocycles. The third-order valence-corrected chi connectivity index (χ3v) is 11.8. The van der Waals surface area contributed by atoms with Crippen molar-refractivity contribution in [2.24, 2.45) is 0 Å². The van der Waals surface area contributed by atoms with Gasteiger partial charge in [-0.1, -0.05) is 107 Å². The molecule has 0 saturated heterocycles. The van der Waals surface area contributed by atoms with Gasteiger partial charge in [0.2, 0.25) is 0 Å². The zero-order valence-electron chi connectivity index (χ0n) is 34.4. The average molecular weight is 811 g/mol. The van der Waals surface area contributed by atoms with Crippen molar-refractivity contribution in [1.82, 2.24) is 9.13 Å². The second-order valence-electron chi connectivity index (χ2n) is 16.3. The fraction of sp³-hybridized carbons (Fsp3) is 0.0909. The summed E-state index contributed by atoms with van der Waals surface area (Å²) in [7, 11) is 0. The van der Waals surface area contributed by atoms with Crippen molar-refractivity contribution in [3.05, 3.63) is 191 Å². The summed E-state index contributed by atoms with van der Waals surface area (Å²) in [6, 6.07) is 52.8. The van der Waals surface area contributed by atoms with Gasteiger partial charge in [-0.2, -0.15) is 23.7 Å². The van der Waals surface area contributed by atoms with Crippen LogP contribution < -0.4 is 0 Å². The molecule has 2 heterocycles. The summed E-state index contributed by atoms with van der Waals surface area (Å²) in [5, 5.41) is 24.8. The van der Waals surface area contributed by atoms with Crippen LogP contribution in [-0.2, 0) is 6.18 Å². The van der Waals surface area contributed by atoms with Gasteiger partial charge < -0.3 is 9.13 Å². The number of aromatic nitrogens is 2. The van der Waals surface area contributed by atoms with E-state index >= 15 is 0 Å². The normalized spacial score (nSPS) is 11.8. The molecule has 0 aliphatic carbocycles. The number of alkyl halides is 3. The average Bonchev–Trinajstić information content (AvgIpc) is 3.77. The number of nitrogens with zero attached hydrogens (tertiary/aromatic N) is 4. The van der Waals surface area contributed by atoms with Gasteiger partial charge in [0, 0.05) is 27.1 Å². The summed E-state index contributed by atoms with van der Waals surface area (Å²) in [5.41, 5.74) is 13.0. The number of nitriles is 2. The fourth-order valence-corrected chi connectivity index (χ4v) is 9.43. The van der Waals surface area contributed by atoms with E-state index in [2.05, 4.69) is 94.4 Å². The maximum Gasteiger partial charge on any atom is 0.416 e. The van der Waals surface area contributed by atoms with Crippen molar-refractivity contribution in [3.8, 4) is 56.9 Å². The number of aryl methyl sites for hydroxylation is 4. The number of fused-ring (bicyclic) bond motifs is 6. The lowest BCUT2D eigenvalue weighted by atomic mass is 9.94. The number of benzene rings is 8. The van der Waals surface area contributed by atoms with E-state index in [1.54, 1.807) is 12.1 Å². The number of halogens is 3. The number of rotatable bonds is 5. The minimum atomic E-state index is -4.73. The van der Waals surface area contributed by atoms with Crippen LogP contribution >= 0.6 is 0 Å². The lowest BCUT2D eigenvalue weighted by molar-refractivity contribution is -0.137. The van der Waals surface area contributed by atoms with Gasteiger partial charge in [0.15, 0.2) is 0 Å². The Labute approximate surface area is 356 Å². The molecule has 0 bridgehead atoms.